The third-order valence-corrected chi connectivity index (χ3v) is 2.59. The molecule has 1 atom stereocenters. The van der Waals surface area contributed by atoms with Gasteiger partial charge in [-0.3, -0.25) is 4.79 Å². The molecule has 7 heteroatoms. The van der Waals surface area contributed by atoms with Crippen molar-refractivity contribution in [2.75, 3.05) is 7.11 Å². The van der Waals surface area contributed by atoms with Crippen LogP contribution in [-0.4, -0.2) is 41.9 Å². The molecule has 2 N–H and O–H groups in total. The summed E-state index contributed by atoms with van der Waals surface area (Å²) in [6.45, 7) is 5.11. The Labute approximate surface area is 125 Å². The predicted molar refractivity (Wildman–Crippen MR) is 75.9 cm³/mol. The van der Waals surface area contributed by atoms with E-state index >= 15 is 0 Å². The summed E-state index contributed by atoms with van der Waals surface area (Å²) in [7, 11) is 1.33. The van der Waals surface area contributed by atoms with Gasteiger partial charge in [0.15, 0.2) is 0 Å². The SMILES string of the molecule is COC(=O)CCCCC[C@H](NC(=O)OC(C)(C)C)C(=O)O. The minimum absolute atomic E-state index is 0.281. The minimum atomic E-state index is -1.10. The molecule has 1 amide bonds. The van der Waals surface area contributed by atoms with Gasteiger partial charge in [0.1, 0.15) is 11.6 Å². The number of nitrogens with one attached hydrogen (secondary N) is 1. The van der Waals surface area contributed by atoms with Gasteiger partial charge in [0, 0.05) is 6.42 Å². The number of carboxylic acid groups (broad SMARTS) is 1. The highest BCUT2D eigenvalue weighted by atomic mass is 16.6. The Morgan fingerprint density at radius 2 is 1.76 bits per heavy atom. The van der Waals surface area contributed by atoms with Crippen molar-refractivity contribution in [1.29, 1.82) is 0 Å². The van der Waals surface area contributed by atoms with E-state index in [-0.39, 0.29) is 12.4 Å². The van der Waals surface area contributed by atoms with E-state index in [1.165, 1.54) is 7.11 Å². The van der Waals surface area contributed by atoms with Crippen molar-refractivity contribution in [3.8, 4) is 0 Å². The van der Waals surface area contributed by atoms with E-state index in [9.17, 15) is 14.4 Å². The first-order valence-electron chi connectivity index (χ1n) is 6.95. The maximum atomic E-state index is 11.5. The van der Waals surface area contributed by atoms with E-state index in [4.69, 9.17) is 9.84 Å². The fourth-order valence-corrected chi connectivity index (χ4v) is 1.60. The summed E-state index contributed by atoms with van der Waals surface area (Å²) in [4.78, 5) is 33.5. The summed E-state index contributed by atoms with van der Waals surface area (Å²) in [6, 6.07) is -0.988. The van der Waals surface area contributed by atoms with Crippen LogP contribution in [0.2, 0.25) is 0 Å². The van der Waals surface area contributed by atoms with Crippen LogP contribution in [-0.2, 0) is 19.1 Å². The summed E-state index contributed by atoms with van der Waals surface area (Å²) in [5, 5.41) is 11.4. The van der Waals surface area contributed by atoms with Crippen molar-refractivity contribution in [3.05, 3.63) is 0 Å². The molecule has 7 nitrogen and oxygen atoms in total. The Hall–Kier alpha value is -1.79. The summed E-state index contributed by atoms with van der Waals surface area (Å²) in [5.41, 5.74) is -0.673. The molecule has 0 saturated heterocycles. The van der Waals surface area contributed by atoms with Gasteiger partial charge in [-0.2, -0.15) is 0 Å². The van der Waals surface area contributed by atoms with E-state index < -0.39 is 23.7 Å². The number of ether oxygens (including phenoxy) is 2. The Kier molecular flexibility index (Phi) is 8.42. The third-order valence-electron chi connectivity index (χ3n) is 2.59. The fourth-order valence-electron chi connectivity index (χ4n) is 1.60. The number of esters is 1. The average molecular weight is 303 g/mol. The smallest absolute Gasteiger partial charge is 0.408 e. The van der Waals surface area contributed by atoms with Gasteiger partial charge in [-0.05, 0) is 33.6 Å². The van der Waals surface area contributed by atoms with Gasteiger partial charge in [-0.25, -0.2) is 9.59 Å². The number of hydrogen-bond acceptors (Lipinski definition) is 5. The van der Waals surface area contributed by atoms with Crippen LogP contribution in [0.4, 0.5) is 4.79 Å². The molecule has 0 radical (unpaired) electrons. The summed E-state index contributed by atoms with van der Waals surface area (Å²) in [5.74, 6) is -1.38. The highest BCUT2D eigenvalue weighted by Gasteiger charge is 2.23. The lowest BCUT2D eigenvalue weighted by molar-refractivity contribution is -0.141. The standard InChI is InChI=1S/C14H25NO6/c1-14(2,3)21-13(19)15-10(12(17)18)8-6-5-7-9-11(16)20-4/h10H,5-9H2,1-4H3,(H,15,19)(H,17,18)/t10-/m0/s1. The van der Waals surface area contributed by atoms with E-state index in [1.54, 1.807) is 20.8 Å². The van der Waals surface area contributed by atoms with Gasteiger partial charge in [0.2, 0.25) is 0 Å². The number of hydrogen-bond donors (Lipinski definition) is 2. The minimum Gasteiger partial charge on any atom is -0.480 e. The van der Waals surface area contributed by atoms with Crippen LogP contribution in [0.15, 0.2) is 0 Å². The van der Waals surface area contributed by atoms with Crippen molar-refractivity contribution in [2.24, 2.45) is 0 Å². The van der Waals surface area contributed by atoms with Crippen LogP contribution in [0.5, 0.6) is 0 Å². The number of carbonyl (C=O) groups is 3. The number of methoxy groups -OCH3 is 1. The van der Waals surface area contributed by atoms with Gasteiger partial charge in [-0.15, -0.1) is 0 Å². The second-order valence-corrected chi connectivity index (χ2v) is 5.71. The maximum Gasteiger partial charge on any atom is 0.408 e. The van der Waals surface area contributed by atoms with E-state index in [0.717, 1.165) is 0 Å². The van der Waals surface area contributed by atoms with Crippen LogP contribution in [0.25, 0.3) is 0 Å². The van der Waals surface area contributed by atoms with Gasteiger partial charge < -0.3 is 19.9 Å². The number of carboxylic acids is 1. The van der Waals surface area contributed by atoms with Crippen LogP contribution >= 0.6 is 0 Å². The lowest BCUT2D eigenvalue weighted by atomic mass is 10.1. The normalized spacial score (nSPS) is 12.4. The van der Waals surface area contributed by atoms with Crippen molar-refractivity contribution in [3.63, 3.8) is 0 Å². The lowest BCUT2D eigenvalue weighted by Crippen LogP contribution is -2.43. The third kappa shape index (κ3) is 10.6. The molecule has 0 aliphatic heterocycles. The van der Waals surface area contributed by atoms with Gasteiger partial charge >= 0.3 is 18.0 Å². The largest absolute Gasteiger partial charge is 0.480 e. The number of carbonyl (C=O) groups excluding carboxylic acids is 2. The zero-order chi connectivity index (χ0) is 16.5. The zero-order valence-corrected chi connectivity index (χ0v) is 13.1. The second-order valence-electron chi connectivity index (χ2n) is 5.71. The van der Waals surface area contributed by atoms with Crippen LogP contribution in [0.1, 0.15) is 52.9 Å². The number of unbranched alkanes of at least 4 members (excludes halogenated alkanes) is 2. The highest BCUT2D eigenvalue weighted by molar-refractivity contribution is 5.79. The quantitative estimate of drug-likeness (QED) is 0.526. The maximum absolute atomic E-state index is 11.5. The number of rotatable bonds is 8. The topological polar surface area (TPSA) is 102 Å². The first-order chi connectivity index (χ1) is 9.65. The van der Waals surface area contributed by atoms with Crippen molar-refractivity contribution < 1.29 is 29.0 Å². The Bertz CT molecular complexity index is 361. The molecule has 0 unspecified atom stereocenters. The Morgan fingerprint density at radius 1 is 1.14 bits per heavy atom. The van der Waals surface area contributed by atoms with Gasteiger partial charge in [-0.1, -0.05) is 12.8 Å². The average Bonchev–Trinajstić information content (AvgIpc) is 2.34. The molecule has 0 aromatic carbocycles. The Balaban J connectivity index is 4.06. The number of amides is 1. The van der Waals surface area contributed by atoms with Crippen LogP contribution in [0, 0.1) is 0 Å². The molecule has 0 aliphatic rings. The molecule has 0 rings (SSSR count). The van der Waals surface area contributed by atoms with Crippen molar-refractivity contribution in [2.45, 2.75) is 64.5 Å². The van der Waals surface area contributed by atoms with Gasteiger partial charge in [0.25, 0.3) is 0 Å². The number of alkyl carbamates (subject to hydrolysis) is 1. The highest BCUT2D eigenvalue weighted by Crippen LogP contribution is 2.10. The Morgan fingerprint density at radius 3 is 2.24 bits per heavy atom. The molecule has 0 aromatic heterocycles. The van der Waals surface area contributed by atoms with Crippen molar-refractivity contribution >= 4 is 18.0 Å². The molecule has 0 aliphatic carbocycles. The molecule has 0 heterocycles. The molecule has 0 bridgehead atoms. The summed E-state index contributed by atoms with van der Waals surface area (Å²) < 4.78 is 9.53. The second kappa shape index (κ2) is 9.20. The number of aliphatic carboxylic acids is 1. The molecule has 21 heavy (non-hydrogen) atoms. The zero-order valence-electron chi connectivity index (χ0n) is 13.1. The molecule has 0 aromatic rings. The molecule has 122 valence electrons. The molecule has 0 spiro atoms. The van der Waals surface area contributed by atoms with E-state index in [2.05, 4.69) is 10.1 Å². The fraction of sp³-hybridized carbons (Fsp3) is 0.786. The van der Waals surface area contributed by atoms with E-state index in [0.29, 0.717) is 25.7 Å². The van der Waals surface area contributed by atoms with Crippen molar-refractivity contribution in [1.82, 2.24) is 5.32 Å². The van der Waals surface area contributed by atoms with E-state index in [1.807, 2.05) is 0 Å². The molecule has 0 saturated carbocycles. The summed E-state index contributed by atoms with van der Waals surface area (Å²) in [6.07, 6.45) is 1.76. The first-order valence-corrected chi connectivity index (χ1v) is 6.95. The lowest BCUT2D eigenvalue weighted by Gasteiger charge is -2.22. The first kappa shape index (κ1) is 19.2. The monoisotopic (exact) mass is 303 g/mol. The predicted octanol–water partition coefficient (Wildman–Crippen LogP) is 2.09. The molecule has 0 fully saturated rings. The van der Waals surface area contributed by atoms with Crippen LogP contribution < -0.4 is 5.32 Å². The molecular weight excluding hydrogens is 278 g/mol. The van der Waals surface area contributed by atoms with Crippen LogP contribution in [0.3, 0.4) is 0 Å². The summed E-state index contributed by atoms with van der Waals surface area (Å²) >= 11 is 0. The molecular formula is C14H25NO6. The van der Waals surface area contributed by atoms with Gasteiger partial charge in [0.05, 0.1) is 7.11 Å².